The summed E-state index contributed by atoms with van der Waals surface area (Å²) in [5, 5.41) is 2.79. The summed E-state index contributed by atoms with van der Waals surface area (Å²) in [4.78, 5) is 6.04. The Kier molecular flexibility index (Phi) is 6.07. The van der Waals surface area contributed by atoms with Crippen LogP contribution in [0, 0.1) is 12.7 Å². The van der Waals surface area contributed by atoms with Crippen molar-refractivity contribution in [3.05, 3.63) is 47.8 Å². The molecule has 0 aliphatic carbocycles. The lowest BCUT2D eigenvalue weighted by molar-refractivity contribution is -0.274. The largest absolute Gasteiger partial charge is 0.573 e. The van der Waals surface area contributed by atoms with Gasteiger partial charge in [0.2, 0.25) is 0 Å². The molecule has 0 saturated carbocycles. The molecule has 140 valence electrons. The number of nitrogens with zero attached hydrogens (tertiary/aromatic N) is 2. The molecule has 2 rings (SSSR count). The van der Waals surface area contributed by atoms with E-state index in [1.807, 2.05) is 18.9 Å². The molecule has 2 aromatic carbocycles. The van der Waals surface area contributed by atoms with Crippen LogP contribution < -0.4 is 10.1 Å². The maximum absolute atomic E-state index is 13.9. The topological polar surface area (TPSA) is 36.9 Å². The molecule has 0 fully saturated rings. The number of aliphatic imine (C=N–C) groups is 1. The summed E-state index contributed by atoms with van der Waals surface area (Å²) in [5.74, 6) is -0.960. The minimum atomic E-state index is -4.82. The van der Waals surface area contributed by atoms with Gasteiger partial charge in [-0.05, 0) is 43.7 Å². The average molecular weight is 369 g/mol. The van der Waals surface area contributed by atoms with E-state index in [2.05, 4.69) is 15.0 Å². The van der Waals surface area contributed by atoms with Crippen LogP contribution >= 0.6 is 0 Å². The molecule has 1 N–H and O–H groups in total. The van der Waals surface area contributed by atoms with E-state index in [1.54, 1.807) is 19.3 Å². The zero-order valence-corrected chi connectivity index (χ0v) is 14.6. The first-order valence-electron chi connectivity index (χ1n) is 7.86. The highest BCUT2D eigenvalue weighted by molar-refractivity contribution is 5.74. The van der Waals surface area contributed by atoms with Gasteiger partial charge >= 0.3 is 6.36 Å². The number of hydrogen-bond acceptors (Lipinski definition) is 3. The van der Waals surface area contributed by atoms with Crippen molar-refractivity contribution < 1.29 is 22.3 Å². The predicted molar refractivity (Wildman–Crippen MR) is 94.0 cm³/mol. The molecular weight excluding hydrogens is 350 g/mol. The van der Waals surface area contributed by atoms with E-state index >= 15 is 0 Å². The molecule has 8 heteroatoms. The number of alkyl halides is 3. The Morgan fingerprint density at radius 3 is 2.54 bits per heavy atom. The Morgan fingerprint density at radius 2 is 1.88 bits per heavy atom. The number of hydrogen-bond donors (Lipinski definition) is 1. The van der Waals surface area contributed by atoms with Gasteiger partial charge in [0.25, 0.3) is 0 Å². The van der Waals surface area contributed by atoms with Gasteiger partial charge in [0.15, 0.2) is 5.75 Å². The highest BCUT2D eigenvalue weighted by atomic mass is 19.4. The molecule has 0 saturated heterocycles. The number of anilines is 2. The fraction of sp³-hybridized carbons (Fsp3) is 0.278. The van der Waals surface area contributed by atoms with E-state index in [-0.39, 0.29) is 5.69 Å². The number of para-hydroxylation sites is 2. The molecular formula is C18H19F4N3O. The van der Waals surface area contributed by atoms with Gasteiger partial charge in [0.1, 0.15) is 5.82 Å². The van der Waals surface area contributed by atoms with Gasteiger partial charge < -0.3 is 15.0 Å². The summed E-state index contributed by atoms with van der Waals surface area (Å²) in [6.45, 7) is 4.37. The third-order valence-corrected chi connectivity index (χ3v) is 3.62. The van der Waals surface area contributed by atoms with Crippen molar-refractivity contribution in [1.82, 2.24) is 4.90 Å². The SMILES string of the molecule is CCN(C)/C=N/c1cc(F)cc(Nc2ccccc2OC(F)(F)F)c1C. The molecule has 0 heterocycles. The quantitative estimate of drug-likeness (QED) is 0.421. The Balaban J connectivity index is 2.36. The molecule has 0 unspecified atom stereocenters. The van der Waals surface area contributed by atoms with Crippen molar-refractivity contribution in [3.63, 3.8) is 0 Å². The number of nitrogens with one attached hydrogen (secondary N) is 1. The van der Waals surface area contributed by atoms with Crippen molar-refractivity contribution in [2.75, 3.05) is 18.9 Å². The smallest absolute Gasteiger partial charge is 0.404 e. The van der Waals surface area contributed by atoms with Gasteiger partial charge in [0.05, 0.1) is 17.7 Å². The van der Waals surface area contributed by atoms with Crippen LogP contribution in [-0.4, -0.2) is 31.2 Å². The molecule has 0 aliphatic rings. The third kappa shape index (κ3) is 5.37. The summed E-state index contributed by atoms with van der Waals surface area (Å²) in [7, 11) is 1.82. The molecule has 0 aromatic heterocycles. The first kappa shape index (κ1) is 19.6. The first-order valence-corrected chi connectivity index (χ1v) is 7.86. The number of rotatable bonds is 6. The second kappa shape index (κ2) is 8.07. The minimum absolute atomic E-state index is 0.0686. The molecule has 0 radical (unpaired) electrons. The molecule has 4 nitrogen and oxygen atoms in total. The van der Waals surface area contributed by atoms with Crippen molar-refractivity contribution >= 4 is 23.4 Å². The number of ether oxygens (including phenoxy) is 1. The molecule has 0 bridgehead atoms. The van der Waals surface area contributed by atoms with Gasteiger partial charge in [0, 0.05) is 19.3 Å². The van der Waals surface area contributed by atoms with E-state index in [0.717, 1.165) is 6.54 Å². The summed E-state index contributed by atoms with van der Waals surface area (Å²) >= 11 is 0. The van der Waals surface area contributed by atoms with Gasteiger partial charge in [-0.15, -0.1) is 13.2 Å². The van der Waals surface area contributed by atoms with E-state index < -0.39 is 17.9 Å². The van der Waals surface area contributed by atoms with Crippen LogP contribution in [0.4, 0.5) is 34.6 Å². The van der Waals surface area contributed by atoms with Crippen LogP contribution in [-0.2, 0) is 0 Å². The second-order valence-corrected chi connectivity index (χ2v) is 5.58. The lowest BCUT2D eigenvalue weighted by Gasteiger charge is -2.17. The van der Waals surface area contributed by atoms with Crippen LogP contribution in [0.2, 0.25) is 0 Å². The molecule has 0 atom stereocenters. The number of halogens is 4. The summed E-state index contributed by atoms with van der Waals surface area (Å²) < 4.78 is 55.6. The Bertz CT molecular complexity index is 790. The fourth-order valence-corrected chi connectivity index (χ4v) is 2.10. The standard InChI is InChI=1S/C18H19F4N3O/c1-4-25(3)11-23-15-9-13(19)10-16(12(15)2)24-14-7-5-6-8-17(14)26-18(20,21)22/h5-11,24H,4H2,1-3H3/b23-11+. The van der Waals surface area contributed by atoms with Gasteiger partial charge in [-0.3, -0.25) is 0 Å². The monoisotopic (exact) mass is 369 g/mol. The third-order valence-electron chi connectivity index (χ3n) is 3.62. The predicted octanol–water partition coefficient (Wildman–Crippen LogP) is 5.39. The average Bonchev–Trinajstić information content (AvgIpc) is 2.56. The second-order valence-electron chi connectivity index (χ2n) is 5.58. The van der Waals surface area contributed by atoms with Gasteiger partial charge in [-0.25, -0.2) is 9.38 Å². The molecule has 0 spiro atoms. The van der Waals surface area contributed by atoms with Crippen LogP contribution in [0.25, 0.3) is 0 Å². The lowest BCUT2D eigenvalue weighted by atomic mass is 10.1. The summed E-state index contributed by atoms with van der Waals surface area (Å²) in [6.07, 6.45) is -3.26. The van der Waals surface area contributed by atoms with Gasteiger partial charge in [-0.2, -0.15) is 0 Å². The maximum atomic E-state index is 13.9. The maximum Gasteiger partial charge on any atom is 0.573 e. The van der Waals surface area contributed by atoms with E-state index in [4.69, 9.17) is 0 Å². The minimum Gasteiger partial charge on any atom is -0.404 e. The summed E-state index contributed by atoms with van der Waals surface area (Å²) in [5.41, 5.74) is 1.34. The highest BCUT2D eigenvalue weighted by Gasteiger charge is 2.32. The van der Waals surface area contributed by atoms with Crippen molar-refractivity contribution in [2.24, 2.45) is 4.99 Å². The molecule has 26 heavy (non-hydrogen) atoms. The van der Waals surface area contributed by atoms with Crippen LogP contribution in [0.5, 0.6) is 5.75 Å². The van der Waals surface area contributed by atoms with E-state index in [0.29, 0.717) is 16.9 Å². The van der Waals surface area contributed by atoms with Crippen LogP contribution in [0.1, 0.15) is 12.5 Å². The molecule has 0 amide bonds. The lowest BCUT2D eigenvalue weighted by Crippen LogP contribution is -2.17. The Hall–Kier alpha value is -2.77. The van der Waals surface area contributed by atoms with Crippen LogP contribution in [0.3, 0.4) is 0 Å². The zero-order chi connectivity index (χ0) is 19.3. The van der Waals surface area contributed by atoms with Crippen molar-refractivity contribution in [1.29, 1.82) is 0 Å². The Morgan fingerprint density at radius 1 is 1.19 bits per heavy atom. The van der Waals surface area contributed by atoms with Crippen molar-refractivity contribution in [2.45, 2.75) is 20.2 Å². The first-order chi connectivity index (χ1) is 12.2. The summed E-state index contributed by atoms with van der Waals surface area (Å²) in [6, 6.07) is 8.02. The normalized spacial score (nSPS) is 11.7. The molecule has 0 aliphatic heterocycles. The Labute approximate surface area is 149 Å². The highest BCUT2D eigenvalue weighted by Crippen LogP contribution is 2.35. The van der Waals surface area contributed by atoms with Gasteiger partial charge in [-0.1, -0.05) is 12.1 Å². The van der Waals surface area contributed by atoms with E-state index in [9.17, 15) is 17.6 Å². The van der Waals surface area contributed by atoms with E-state index in [1.165, 1.54) is 30.3 Å². The van der Waals surface area contributed by atoms with Crippen molar-refractivity contribution in [3.8, 4) is 5.75 Å². The number of benzene rings is 2. The van der Waals surface area contributed by atoms with Crippen LogP contribution in [0.15, 0.2) is 41.4 Å². The molecule has 2 aromatic rings. The fourth-order valence-electron chi connectivity index (χ4n) is 2.10. The zero-order valence-electron chi connectivity index (χ0n) is 14.6.